The molecule has 2 rings (SSSR count). The van der Waals surface area contributed by atoms with Gasteiger partial charge in [0.1, 0.15) is 5.75 Å². The van der Waals surface area contributed by atoms with Gasteiger partial charge in [-0.25, -0.2) is 0 Å². The van der Waals surface area contributed by atoms with Crippen LogP contribution in [0.15, 0.2) is 18.2 Å². The maximum atomic E-state index is 6.21. The molecule has 1 N–H and O–H groups in total. The summed E-state index contributed by atoms with van der Waals surface area (Å²) in [6.07, 6.45) is 2.62. The highest BCUT2D eigenvalue weighted by Gasteiger charge is 2.20. The normalized spacial score (nSPS) is 20.0. The quantitative estimate of drug-likeness (QED) is 0.869. The molecule has 118 valence electrons. The highest BCUT2D eigenvalue weighted by molar-refractivity contribution is 6.32. The number of rotatable bonds is 6. The third-order valence-electron chi connectivity index (χ3n) is 4.04. The fraction of sp³-hybridized carbons (Fsp3) is 0.647. The number of halogens is 1. The molecule has 1 atom stereocenters. The molecule has 0 saturated carbocycles. The summed E-state index contributed by atoms with van der Waals surface area (Å²) in [5.41, 5.74) is 1.26. The summed E-state index contributed by atoms with van der Waals surface area (Å²) in [4.78, 5) is 2.54. The molecule has 0 amide bonds. The van der Waals surface area contributed by atoms with Gasteiger partial charge in [0.05, 0.1) is 12.1 Å². The number of nitrogens with zero attached hydrogens (tertiary/aromatic N) is 1. The van der Waals surface area contributed by atoms with E-state index >= 15 is 0 Å². The Morgan fingerprint density at radius 2 is 2.24 bits per heavy atom. The van der Waals surface area contributed by atoms with Crippen LogP contribution in [-0.2, 0) is 6.54 Å². The Hall–Kier alpha value is -0.770. The van der Waals surface area contributed by atoms with E-state index in [9.17, 15) is 0 Å². The van der Waals surface area contributed by atoms with E-state index in [1.54, 1.807) is 7.11 Å². The lowest BCUT2D eigenvalue weighted by molar-refractivity contribution is 0.164. The van der Waals surface area contributed by atoms with Gasteiger partial charge in [-0.05, 0) is 49.5 Å². The summed E-state index contributed by atoms with van der Waals surface area (Å²) in [5.74, 6) is 1.51. The van der Waals surface area contributed by atoms with Crippen LogP contribution < -0.4 is 10.1 Å². The van der Waals surface area contributed by atoms with Crippen molar-refractivity contribution in [2.45, 2.75) is 39.3 Å². The maximum Gasteiger partial charge on any atom is 0.137 e. The van der Waals surface area contributed by atoms with Gasteiger partial charge in [-0.15, -0.1) is 0 Å². The first-order chi connectivity index (χ1) is 10.1. The molecule has 1 aliphatic rings. The minimum Gasteiger partial charge on any atom is -0.495 e. The molecule has 1 fully saturated rings. The van der Waals surface area contributed by atoms with Crippen molar-refractivity contribution in [3.8, 4) is 5.75 Å². The van der Waals surface area contributed by atoms with E-state index in [0.29, 0.717) is 11.1 Å². The Morgan fingerprint density at radius 3 is 2.90 bits per heavy atom. The lowest BCUT2D eigenvalue weighted by Gasteiger charge is -2.33. The standard InChI is InChI=1S/C17H27ClN2O/c1-13(2)19-10-15-5-4-8-20(12-15)11-14-6-7-17(21-3)16(18)9-14/h6-7,9,13,15,19H,4-5,8,10-12H2,1-3H3. The van der Waals surface area contributed by atoms with Gasteiger partial charge >= 0.3 is 0 Å². The van der Waals surface area contributed by atoms with Crippen molar-refractivity contribution in [1.29, 1.82) is 0 Å². The van der Waals surface area contributed by atoms with Gasteiger partial charge in [-0.3, -0.25) is 4.90 Å². The molecule has 0 radical (unpaired) electrons. The molecular formula is C17H27ClN2O. The number of benzene rings is 1. The molecule has 1 unspecified atom stereocenters. The first-order valence-corrected chi connectivity index (χ1v) is 8.24. The third kappa shape index (κ3) is 5.17. The lowest BCUT2D eigenvalue weighted by Crippen LogP contribution is -2.40. The molecule has 1 saturated heterocycles. The Balaban J connectivity index is 1.88. The van der Waals surface area contributed by atoms with E-state index in [4.69, 9.17) is 16.3 Å². The number of likely N-dealkylation sites (tertiary alicyclic amines) is 1. The van der Waals surface area contributed by atoms with Crippen molar-refractivity contribution < 1.29 is 4.74 Å². The molecule has 1 aliphatic heterocycles. The summed E-state index contributed by atoms with van der Waals surface area (Å²) >= 11 is 6.21. The summed E-state index contributed by atoms with van der Waals surface area (Å²) in [5, 5.41) is 4.26. The molecule has 1 aromatic rings. The molecule has 3 nitrogen and oxygen atoms in total. The van der Waals surface area contributed by atoms with Crippen molar-refractivity contribution in [2.24, 2.45) is 5.92 Å². The first-order valence-electron chi connectivity index (χ1n) is 7.86. The fourth-order valence-corrected chi connectivity index (χ4v) is 3.21. The number of hydrogen-bond acceptors (Lipinski definition) is 3. The minimum absolute atomic E-state index is 0.570. The summed E-state index contributed by atoms with van der Waals surface area (Å²) in [6.45, 7) is 8.87. The second-order valence-corrected chi connectivity index (χ2v) is 6.68. The molecule has 1 heterocycles. The summed E-state index contributed by atoms with van der Waals surface area (Å²) in [6, 6.07) is 6.66. The van der Waals surface area contributed by atoms with E-state index in [2.05, 4.69) is 30.1 Å². The zero-order valence-corrected chi connectivity index (χ0v) is 14.1. The second kappa shape index (κ2) is 8.02. The minimum atomic E-state index is 0.570. The average Bonchev–Trinajstić information content (AvgIpc) is 2.46. The molecule has 4 heteroatoms. The van der Waals surface area contributed by atoms with Crippen molar-refractivity contribution in [3.63, 3.8) is 0 Å². The highest BCUT2D eigenvalue weighted by Crippen LogP contribution is 2.26. The van der Waals surface area contributed by atoms with Crippen LogP contribution in [0.5, 0.6) is 5.75 Å². The number of methoxy groups -OCH3 is 1. The van der Waals surface area contributed by atoms with E-state index in [1.807, 2.05) is 12.1 Å². The third-order valence-corrected chi connectivity index (χ3v) is 4.34. The average molecular weight is 311 g/mol. The largest absolute Gasteiger partial charge is 0.495 e. The second-order valence-electron chi connectivity index (χ2n) is 6.28. The van der Waals surface area contributed by atoms with Crippen LogP contribution in [0.2, 0.25) is 5.02 Å². The van der Waals surface area contributed by atoms with Gasteiger partial charge in [0.15, 0.2) is 0 Å². The van der Waals surface area contributed by atoms with Crippen LogP contribution in [-0.4, -0.2) is 37.7 Å². The van der Waals surface area contributed by atoms with Crippen molar-refractivity contribution in [3.05, 3.63) is 28.8 Å². The van der Waals surface area contributed by atoms with Crippen molar-refractivity contribution in [2.75, 3.05) is 26.7 Å². The van der Waals surface area contributed by atoms with E-state index in [-0.39, 0.29) is 0 Å². The molecule has 0 aliphatic carbocycles. The van der Waals surface area contributed by atoms with Gasteiger partial charge in [0.2, 0.25) is 0 Å². The smallest absolute Gasteiger partial charge is 0.137 e. The molecule has 0 aromatic heterocycles. The first kappa shape index (κ1) is 16.6. The SMILES string of the molecule is COc1ccc(CN2CCCC(CNC(C)C)C2)cc1Cl. The molecule has 0 bridgehead atoms. The van der Waals surface area contributed by atoms with Crippen molar-refractivity contribution in [1.82, 2.24) is 10.2 Å². The molecule has 21 heavy (non-hydrogen) atoms. The predicted molar refractivity (Wildman–Crippen MR) is 89.1 cm³/mol. The van der Waals surface area contributed by atoms with Crippen LogP contribution in [0.25, 0.3) is 0 Å². The Bertz CT molecular complexity index is 450. The number of piperidine rings is 1. The Morgan fingerprint density at radius 1 is 1.43 bits per heavy atom. The zero-order chi connectivity index (χ0) is 15.2. The van der Waals surface area contributed by atoms with Gasteiger partial charge < -0.3 is 10.1 Å². The van der Waals surface area contributed by atoms with E-state index < -0.39 is 0 Å². The predicted octanol–water partition coefficient (Wildman–Crippen LogP) is 3.56. The number of hydrogen-bond donors (Lipinski definition) is 1. The van der Waals surface area contributed by atoms with Crippen LogP contribution in [0, 0.1) is 5.92 Å². The highest BCUT2D eigenvalue weighted by atomic mass is 35.5. The van der Waals surface area contributed by atoms with Crippen LogP contribution >= 0.6 is 11.6 Å². The van der Waals surface area contributed by atoms with Gasteiger partial charge in [-0.2, -0.15) is 0 Å². The van der Waals surface area contributed by atoms with Crippen LogP contribution in [0.4, 0.5) is 0 Å². The number of nitrogens with one attached hydrogen (secondary N) is 1. The Kier molecular flexibility index (Phi) is 6.34. The van der Waals surface area contributed by atoms with Crippen LogP contribution in [0.3, 0.4) is 0 Å². The summed E-state index contributed by atoms with van der Waals surface area (Å²) in [7, 11) is 1.65. The fourth-order valence-electron chi connectivity index (χ4n) is 2.93. The van der Waals surface area contributed by atoms with Gasteiger partial charge in [0.25, 0.3) is 0 Å². The zero-order valence-electron chi connectivity index (χ0n) is 13.4. The molecule has 0 spiro atoms. The molecule has 1 aromatic carbocycles. The topological polar surface area (TPSA) is 24.5 Å². The van der Waals surface area contributed by atoms with Gasteiger partial charge in [-0.1, -0.05) is 31.5 Å². The Labute approximate surface area is 133 Å². The molecular weight excluding hydrogens is 284 g/mol. The lowest BCUT2D eigenvalue weighted by atomic mass is 9.97. The monoisotopic (exact) mass is 310 g/mol. The summed E-state index contributed by atoms with van der Waals surface area (Å²) < 4.78 is 5.21. The van der Waals surface area contributed by atoms with Crippen molar-refractivity contribution >= 4 is 11.6 Å². The maximum absolute atomic E-state index is 6.21. The van der Waals surface area contributed by atoms with Crippen LogP contribution in [0.1, 0.15) is 32.3 Å². The van der Waals surface area contributed by atoms with Gasteiger partial charge in [0, 0.05) is 19.1 Å². The van der Waals surface area contributed by atoms with E-state index in [0.717, 1.165) is 24.8 Å². The number of ether oxygens (including phenoxy) is 1. The van der Waals surface area contributed by atoms with E-state index in [1.165, 1.54) is 31.5 Å².